The van der Waals surface area contributed by atoms with Crippen LogP contribution in [0.1, 0.15) is 43.7 Å². The fourth-order valence-electron chi connectivity index (χ4n) is 4.43. The van der Waals surface area contributed by atoms with Crippen LogP contribution in [0.3, 0.4) is 0 Å². The molecule has 1 amide bonds. The van der Waals surface area contributed by atoms with E-state index in [4.69, 9.17) is 5.11 Å². The van der Waals surface area contributed by atoms with E-state index in [1.54, 1.807) is 0 Å². The van der Waals surface area contributed by atoms with Crippen molar-refractivity contribution in [1.29, 1.82) is 0 Å². The molecule has 4 nitrogen and oxygen atoms in total. The molecule has 132 valence electrons. The fourth-order valence-corrected chi connectivity index (χ4v) is 5.48. The van der Waals surface area contributed by atoms with E-state index in [0.29, 0.717) is 11.7 Å². The molecule has 2 N–H and O–H groups in total. The van der Waals surface area contributed by atoms with Crippen LogP contribution >= 0.6 is 0 Å². The molecule has 5 heteroatoms. The molecule has 0 spiro atoms. The van der Waals surface area contributed by atoms with Crippen LogP contribution in [0, 0.1) is 17.8 Å². The quantitative estimate of drug-likeness (QED) is 0.794. The Morgan fingerprint density at radius 2 is 1.96 bits per heavy atom. The lowest BCUT2D eigenvalue weighted by Gasteiger charge is -2.28. The summed E-state index contributed by atoms with van der Waals surface area (Å²) >= 11 is 0. The number of aliphatic hydroxyl groups excluding tert-OH is 1. The van der Waals surface area contributed by atoms with Crippen LogP contribution in [0.15, 0.2) is 24.3 Å². The van der Waals surface area contributed by atoms with Crippen molar-refractivity contribution in [1.82, 2.24) is 5.32 Å². The molecule has 2 aliphatic rings. The molecular formula is C19H27NO3S. The maximum Gasteiger partial charge on any atom is 0.232 e. The first-order valence-electron chi connectivity index (χ1n) is 8.88. The molecule has 0 heterocycles. The highest BCUT2D eigenvalue weighted by Crippen LogP contribution is 2.49. The Labute approximate surface area is 146 Å². The van der Waals surface area contributed by atoms with Crippen molar-refractivity contribution in [3.05, 3.63) is 35.4 Å². The average Bonchev–Trinajstić information content (AvgIpc) is 3.18. The molecule has 2 fully saturated rings. The minimum Gasteiger partial charge on any atom is -0.392 e. The number of aliphatic hydroxyl groups is 1. The number of hydrogen-bond acceptors (Lipinski definition) is 3. The molecule has 5 unspecified atom stereocenters. The van der Waals surface area contributed by atoms with Gasteiger partial charge in [0.25, 0.3) is 0 Å². The molecule has 5 atom stereocenters. The minimum atomic E-state index is -1.20. The number of carbonyl (C=O) groups is 1. The van der Waals surface area contributed by atoms with Crippen molar-refractivity contribution >= 4 is 16.7 Å². The topological polar surface area (TPSA) is 66.4 Å². The first-order valence-corrected chi connectivity index (χ1v) is 10.4. The summed E-state index contributed by atoms with van der Waals surface area (Å²) in [6.45, 7) is 2.10. The van der Waals surface area contributed by atoms with Crippen LogP contribution in [0.5, 0.6) is 0 Å². The second-order valence-electron chi connectivity index (χ2n) is 7.40. The lowest BCUT2D eigenvalue weighted by molar-refractivity contribution is -0.119. The van der Waals surface area contributed by atoms with E-state index in [0.717, 1.165) is 23.0 Å². The van der Waals surface area contributed by atoms with Crippen molar-refractivity contribution < 1.29 is 14.1 Å². The number of amides is 1. The first kappa shape index (κ1) is 17.6. The van der Waals surface area contributed by atoms with Gasteiger partial charge in [0.1, 0.15) is 5.75 Å². The van der Waals surface area contributed by atoms with E-state index >= 15 is 0 Å². The molecule has 1 aromatic rings. The van der Waals surface area contributed by atoms with Crippen molar-refractivity contribution in [3.63, 3.8) is 0 Å². The molecular weight excluding hydrogens is 322 g/mol. The minimum absolute atomic E-state index is 0.00663. The van der Waals surface area contributed by atoms with E-state index in [9.17, 15) is 9.00 Å². The fraction of sp³-hybridized carbons (Fsp3) is 0.632. The standard InChI is InChI=1S/C19H27NO3S/c1-13(18-9-16-6-7-17(18)8-16)20-19(22)12-24(23)11-15-4-2-14(10-21)3-5-15/h2-5,13,16-18,21H,6-12H2,1H3,(H,20,22). The highest BCUT2D eigenvalue weighted by atomic mass is 32.2. The normalized spacial score (nSPS) is 27.8. The maximum absolute atomic E-state index is 12.2. The Bertz CT molecular complexity index is 601. The van der Waals surface area contributed by atoms with Crippen LogP contribution in [-0.2, 0) is 28.0 Å². The molecule has 0 radical (unpaired) electrons. The molecule has 0 aromatic heterocycles. The molecule has 2 saturated carbocycles. The van der Waals surface area contributed by atoms with Crippen molar-refractivity contribution in [2.75, 3.05) is 5.75 Å². The molecule has 0 aliphatic heterocycles. The number of benzene rings is 1. The molecule has 0 saturated heterocycles. The van der Waals surface area contributed by atoms with Crippen LogP contribution in [0.25, 0.3) is 0 Å². The van der Waals surface area contributed by atoms with Gasteiger partial charge < -0.3 is 10.4 Å². The number of fused-ring (bicyclic) bond motifs is 2. The van der Waals surface area contributed by atoms with E-state index in [2.05, 4.69) is 12.2 Å². The SMILES string of the molecule is CC(NC(=O)CS(=O)Cc1ccc(CO)cc1)C1CC2CCC1C2. The zero-order chi connectivity index (χ0) is 17.1. The predicted octanol–water partition coefficient (Wildman–Crippen LogP) is 2.37. The van der Waals surface area contributed by atoms with Crippen LogP contribution in [0.4, 0.5) is 0 Å². The third kappa shape index (κ3) is 4.25. The van der Waals surface area contributed by atoms with Gasteiger partial charge in [0.2, 0.25) is 5.91 Å². The summed E-state index contributed by atoms with van der Waals surface area (Å²) in [6.07, 6.45) is 5.25. The van der Waals surface area contributed by atoms with Gasteiger partial charge in [-0.25, -0.2) is 0 Å². The highest BCUT2D eigenvalue weighted by Gasteiger charge is 2.42. The number of rotatable bonds is 7. The Kier molecular flexibility index (Phi) is 5.72. The summed E-state index contributed by atoms with van der Waals surface area (Å²) < 4.78 is 12.2. The third-order valence-electron chi connectivity index (χ3n) is 5.65. The van der Waals surface area contributed by atoms with Gasteiger partial charge in [-0.1, -0.05) is 30.7 Å². The zero-order valence-corrected chi connectivity index (χ0v) is 15.1. The number of carbonyl (C=O) groups excluding carboxylic acids is 1. The average molecular weight is 349 g/mol. The second kappa shape index (κ2) is 7.79. The molecule has 2 bridgehead atoms. The van der Waals surface area contributed by atoms with Gasteiger partial charge >= 0.3 is 0 Å². The predicted molar refractivity (Wildman–Crippen MR) is 95.6 cm³/mol. The summed E-state index contributed by atoms with van der Waals surface area (Å²) in [6, 6.07) is 7.56. The van der Waals surface area contributed by atoms with Crippen LogP contribution < -0.4 is 5.32 Å². The van der Waals surface area contributed by atoms with Gasteiger partial charge in [-0.05, 0) is 55.1 Å². The lowest BCUT2D eigenvalue weighted by Crippen LogP contribution is -2.42. The van der Waals surface area contributed by atoms with E-state index < -0.39 is 10.8 Å². The second-order valence-corrected chi connectivity index (χ2v) is 8.86. The summed E-state index contributed by atoms with van der Waals surface area (Å²) in [5.41, 5.74) is 1.77. The Morgan fingerprint density at radius 1 is 1.25 bits per heavy atom. The Morgan fingerprint density at radius 3 is 2.54 bits per heavy atom. The smallest absolute Gasteiger partial charge is 0.232 e. The van der Waals surface area contributed by atoms with Crippen molar-refractivity contribution in [2.45, 2.75) is 51.0 Å². The highest BCUT2D eigenvalue weighted by molar-refractivity contribution is 7.84. The summed E-state index contributed by atoms with van der Waals surface area (Å²) in [5.74, 6) is 2.59. The van der Waals surface area contributed by atoms with Gasteiger partial charge in [0.05, 0.1) is 6.61 Å². The lowest BCUT2D eigenvalue weighted by atomic mass is 9.84. The van der Waals surface area contributed by atoms with E-state index in [-0.39, 0.29) is 24.3 Å². The van der Waals surface area contributed by atoms with Crippen molar-refractivity contribution in [3.8, 4) is 0 Å². The Balaban J connectivity index is 1.44. The molecule has 3 rings (SSSR count). The molecule has 24 heavy (non-hydrogen) atoms. The van der Waals surface area contributed by atoms with Gasteiger partial charge in [-0.2, -0.15) is 0 Å². The monoisotopic (exact) mass is 349 g/mol. The third-order valence-corrected chi connectivity index (χ3v) is 6.89. The summed E-state index contributed by atoms with van der Waals surface area (Å²) in [5, 5.41) is 12.1. The summed E-state index contributed by atoms with van der Waals surface area (Å²) in [7, 11) is -1.20. The number of hydrogen-bond donors (Lipinski definition) is 2. The number of nitrogens with one attached hydrogen (secondary N) is 1. The van der Waals surface area contributed by atoms with Crippen LogP contribution in [-0.4, -0.2) is 27.0 Å². The van der Waals surface area contributed by atoms with Gasteiger partial charge in [-0.15, -0.1) is 0 Å². The largest absolute Gasteiger partial charge is 0.392 e. The van der Waals surface area contributed by atoms with Gasteiger partial charge in [0.15, 0.2) is 0 Å². The maximum atomic E-state index is 12.2. The Hall–Kier alpha value is -1.20. The van der Waals surface area contributed by atoms with Gasteiger partial charge in [0, 0.05) is 22.6 Å². The van der Waals surface area contributed by atoms with Crippen LogP contribution in [0.2, 0.25) is 0 Å². The van der Waals surface area contributed by atoms with E-state index in [1.165, 1.54) is 25.7 Å². The van der Waals surface area contributed by atoms with E-state index in [1.807, 2.05) is 24.3 Å². The molecule has 1 aromatic carbocycles. The van der Waals surface area contributed by atoms with Crippen molar-refractivity contribution in [2.24, 2.45) is 17.8 Å². The first-order chi connectivity index (χ1) is 11.5. The zero-order valence-electron chi connectivity index (χ0n) is 14.2. The van der Waals surface area contributed by atoms with Gasteiger partial charge in [-0.3, -0.25) is 9.00 Å². The summed E-state index contributed by atoms with van der Waals surface area (Å²) in [4.78, 5) is 12.2. The molecule has 2 aliphatic carbocycles.